The Morgan fingerprint density at radius 2 is 1.65 bits per heavy atom. The fourth-order valence-corrected chi connectivity index (χ4v) is 1.85. The van der Waals surface area contributed by atoms with Gasteiger partial charge in [0.2, 0.25) is 0 Å². The number of nitrogens with one attached hydrogen (secondary N) is 2. The van der Waals surface area contributed by atoms with Crippen molar-refractivity contribution < 1.29 is 29.0 Å². The number of amidine groups is 1. The molecule has 2 aromatic rings. The van der Waals surface area contributed by atoms with Crippen molar-refractivity contribution >= 4 is 28.8 Å². The zero-order chi connectivity index (χ0) is 13.3. The van der Waals surface area contributed by atoms with E-state index >= 15 is 0 Å². The fraction of sp³-hybridized carbons (Fsp3) is 0.0667. The molecule has 20 heavy (non-hydrogen) atoms. The first-order valence-corrected chi connectivity index (χ1v) is 7.18. The van der Waals surface area contributed by atoms with E-state index < -0.39 is 0 Å². The quantitative estimate of drug-likeness (QED) is 0.294. The number of halogens is 1. The van der Waals surface area contributed by atoms with E-state index in [1.54, 1.807) is 18.0 Å². The lowest BCUT2D eigenvalue weighted by Crippen LogP contribution is -3.00. The summed E-state index contributed by atoms with van der Waals surface area (Å²) < 4.78 is 0. The molecule has 2 N–H and O–H groups in total. The van der Waals surface area contributed by atoms with Crippen LogP contribution in [0.3, 0.4) is 0 Å². The van der Waals surface area contributed by atoms with Crippen molar-refractivity contribution in [3.63, 3.8) is 0 Å². The Bertz CT molecular complexity index is 556. The molecule has 0 atom stereocenters. The van der Waals surface area contributed by atoms with Gasteiger partial charge in [0.1, 0.15) is 5.69 Å². The molecule has 0 aliphatic rings. The van der Waals surface area contributed by atoms with Crippen LogP contribution in [0.25, 0.3) is 0 Å². The van der Waals surface area contributed by atoms with E-state index in [9.17, 15) is 0 Å². The molecule has 0 aliphatic heterocycles. The van der Waals surface area contributed by atoms with Crippen molar-refractivity contribution in [1.82, 2.24) is 5.43 Å². The predicted molar refractivity (Wildman–Crippen MR) is 82.8 cm³/mol. The van der Waals surface area contributed by atoms with Crippen molar-refractivity contribution in [3.8, 4) is 0 Å². The van der Waals surface area contributed by atoms with Gasteiger partial charge < -0.3 is 24.0 Å². The molecule has 0 radical (unpaired) electrons. The van der Waals surface area contributed by atoms with Gasteiger partial charge in [-0.05, 0) is 35.7 Å². The van der Waals surface area contributed by atoms with Crippen molar-refractivity contribution in [3.05, 3.63) is 66.2 Å². The SMILES string of the molecule is CSC(NN=Cc1ccccc1)=[NH+]c1ccccc1.[I-]. The maximum Gasteiger partial charge on any atom is 0.334 e. The standard InChI is InChI=1S/C15H15N3S.HI/c1-19-15(17-14-10-6-3-7-11-14)18-16-12-13-8-4-2-5-9-13;/h2-12H,1H3,(H,17,18);1H. The largest absolute Gasteiger partial charge is 1.00 e. The normalized spacial score (nSPS) is 11.2. The first-order valence-electron chi connectivity index (χ1n) is 5.95. The molecule has 3 nitrogen and oxygen atoms in total. The molecule has 5 heteroatoms. The molecule has 0 aliphatic carbocycles. The summed E-state index contributed by atoms with van der Waals surface area (Å²) in [6, 6.07) is 20.0. The average Bonchev–Trinajstić information content (AvgIpc) is 2.48. The highest BCUT2D eigenvalue weighted by Gasteiger charge is 2.02. The van der Waals surface area contributed by atoms with Crippen LogP contribution in [0.15, 0.2) is 65.8 Å². The third-order valence-corrected chi connectivity index (χ3v) is 3.02. The van der Waals surface area contributed by atoms with Gasteiger partial charge >= 0.3 is 5.17 Å². The molecule has 0 spiro atoms. The highest BCUT2D eigenvalue weighted by atomic mass is 127. The van der Waals surface area contributed by atoms with E-state index in [0.717, 1.165) is 16.4 Å². The summed E-state index contributed by atoms with van der Waals surface area (Å²) >= 11 is 1.58. The van der Waals surface area contributed by atoms with Crippen LogP contribution in [0, 0.1) is 0 Å². The minimum atomic E-state index is 0. The Balaban J connectivity index is 0.00000200. The number of thioether (sulfide) groups is 1. The third kappa shape index (κ3) is 5.75. The van der Waals surface area contributed by atoms with Gasteiger partial charge in [-0.3, -0.25) is 0 Å². The Labute approximate surface area is 140 Å². The number of nitrogens with zero attached hydrogens (tertiary/aromatic N) is 1. The number of hydrazone groups is 1. The fourth-order valence-electron chi connectivity index (χ4n) is 1.48. The van der Waals surface area contributed by atoms with Gasteiger partial charge in [-0.1, -0.05) is 53.6 Å². The van der Waals surface area contributed by atoms with Crippen LogP contribution in [0.1, 0.15) is 5.56 Å². The van der Waals surface area contributed by atoms with Crippen molar-refractivity contribution in [2.75, 3.05) is 6.26 Å². The number of rotatable bonds is 3. The maximum absolute atomic E-state index is 4.21. The lowest BCUT2D eigenvalue weighted by molar-refractivity contribution is -0.352. The topological polar surface area (TPSA) is 38.4 Å². The van der Waals surface area contributed by atoms with E-state index in [4.69, 9.17) is 0 Å². The highest BCUT2D eigenvalue weighted by molar-refractivity contribution is 8.12. The monoisotopic (exact) mass is 397 g/mol. The molecular weight excluding hydrogens is 381 g/mol. The molecule has 0 amide bonds. The molecule has 0 aromatic heterocycles. The molecule has 0 heterocycles. The van der Waals surface area contributed by atoms with Crippen molar-refractivity contribution in [1.29, 1.82) is 0 Å². The van der Waals surface area contributed by atoms with Gasteiger partial charge in [-0.25, -0.2) is 4.99 Å². The van der Waals surface area contributed by atoms with Gasteiger partial charge in [-0.2, -0.15) is 0 Å². The van der Waals surface area contributed by atoms with E-state index in [1.165, 1.54) is 0 Å². The Hall–Kier alpha value is -1.34. The summed E-state index contributed by atoms with van der Waals surface area (Å²) in [5.41, 5.74) is 5.11. The zero-order valence-electron chi connectivity index (χ0n) is 11.1. The van der Waals surface area contributed by atoms with Crippen LogP contribution in [0.5, 0.6) is 0 Å². The van der Waals surface area contributed by atoms with Crippen molar-refractivity contribution in [2.45, 2.75) is 0 Å². The molecule has 2 aromatic carbocycles. The Morgan fingerprint density at radius 1 is 1.05 bits per heavy atom. The van der Waals surface area contributed by atoms with Crippen LogP contribution in [-0.4, -0.2) is 17.6 Å². The van der Waals surface area contributed by atoms with Crippen LogP contribution in [-0.2, 0) is 0 Å². The Morgan fingerprint density at radius 3 is 2.25 bits per heavy atom. The van der Waals surface area contributed by atoms with Crippen LogP contribution in [0.2, 0.25) is 0 Å². The first kappa shape index (κ1) is 16.7. The molecule has 104 valence electrons. The summed E-state index contributed by atoms with van der Waals surface area (Å²) in [4.78, 5) is 3.27. The lowest BCUT2D eigenvalue weighted by atomic mass is 10.2. The second kappa shape index (κ2) is 9.55. The summed E-state index contributed by atoms with van der Waals surface area (Å²) in [6.07, 6.45) is 3.79. The summed E-state index contributed by atoms with van der Waals surface area (Å²) in [5, 5.41) is 5.10. The second-order valence-corrected chi connectivity index (χ2v) is 4.62. The molecular formula is C15H16IN3S. The molecule has 2 rings (SSSR count). The van der Waals surface area contributed by atoms with E-state index in [-0.39, 0.29) is 24.0 Å². The van der Waals surface area contributed by atoms with Crippen LogP contribution < -0.4 is 34.4 Å². The van der Waals surface area contributed by atoms with Gasteiger partial charge in [-0.15, -0.1) is 5.43 Å². The number of para-hydroxylation sites is 1. The van der Waals surface area contributed by atoms with Gasteiger partial charge in [0, 0.05) is 0 Å². The Kier molecular flexibility index (Phi) is 7.98. The molecule has 0 saturated carbocycles. The summed E-state index contributed by atoms with van der Waals surface area (Å²) in [5.74, 6) is 0. The van der Waals surface area contributed by atoms with Crippen LogP contribution in [0.4, 0.5) is 5.69 Å². The summed E-state index contributed by atoms with van der Waals surface area (Å²) in [6.45, 7) is 0. The minimum Gasteiger partial charge on any atom is -1.00 e. The summed E-state index contributed by atoms with van der Waals surface area (Å²) in [7, 11) is 0. The number of hydrogen-bond donors (Lipinski definition) is 2. The maximum atomic E-state index is 4.21. The molecule has 0 bridgehead atoms. The predicted octanol–water partition coefficient (Wildman–Crippen LogP) is -1.25. The van der Waals surface area contributed by atoms with Crippen LogP contribution >= 0.6 is 11.8 Å². The molecule has 0 unspecified atom stereocenters. The number of benzene rings is 2. The number of hydrogen-bond acceptors (Lipinski definition) is 2. The zero-order valence-corrected chi connectivity index (χ0v) is 14.1. The van der Waals surface area contributed by atoms with Crippen molar-refractivity contribution in [2.24, 2.45) is 5.10 Å². The smallest absolute Gasteiger partial charge is 0.334 e. The first-order chi connectivity index (χ1) is 9.38. The van der Waals surface area contributed by atoms with Gasteiger partial charge in [0.15, 0.2) is 0 Å². The minimum absolute atomic E-state index is 0. The van der Waals surface area contributed by atoms with E-state index in [0.29, 0.717) is 0 Å². The third-order valence-electron chi connectivity index (χ3n) is 2.42. The average molecular weight is 397 g/mol. The van der Waals surface area contributed by atoms with Gasteiger partial charge in [0.25, 0.3) is 0 Å². The second-order valence-electron chi connectivity index (χ2n) is 3.80. The lowest BCUT2D eigenvalue weighted by Gasteiger charge is -1.95. The molecule has 0 saturated heterocycles. The van der Waals surface area contributed by atoms with E-state index in [2.05, 4.69) is 15.5 Å². The van der Waals surface area contributed by atoms with E-state index in [1.807, 2.05) is 66.9 Å². The van der Waals surface area contributed by atoms with Gasteiger partial charge in [0.05, 0.1) is 6.21 Å². The highest BCUT2D eigenvalue weighted by Crippen LogP contribution is 1.97. The molecule has 0 fully saturated rings.